The average Bonchev–Trinajstić information content (AvgIpc) is 2.98. The van der Waals surface area contributed by atoms with E-state index in [0.29, 0.717) is 22.9 Å². The third-order valence-electron chi connectivity index (χ3n) is 2.83. The Labute approximate surface area is 119 Å². The smallest absolute Gasteiger partial charge is 0.269 e. The number of hydrogen-bond donors (Lipinski definition) is 1. The minimum Gasteiger partial charge on any atom is -0.397 e. The first-order chi connectivity index (χ1) is 10.1. The highest BCUT2D eigenvalue weighted by Crippen LogP contribution is 2.19. The van der Waals surface area contributed by atoms with Crippen LogP contribution in [0.4, 0.5) is 11.4 Å². The Bertz CT molecular complexity index is 779. The lowest BCUT2D eigenvalue weighted by atomic mass is 10.2. The molecule has 0 atom stereocenters. The number of nitro groups is 1. The molecule has 8 heteroatoms. The van der Waals surface area contributed by atoms with Gasteiger partial charge in [-0.1, -0.05) is 0 Å². The Balaban J connectivity index is 1.90. The van der Waals surface area contributed by atoms with Gasteiger partial charge in [-0.05, 0) is 24.3 Å². The van der Waals surface area contributed by atoms with Crippen LogP contribution in [0.5, 0.6) is 0 Å². The summed E-state index contributed by atoms with van der Waals surface area (Å²) < 4.78 is 1.51. The summed E-state index contributed by atoms with van der Waals surface area (Å²) in [5.41, 5.74) is 6.86. The summed E-state index contributed by atoms with van der Waals surface area (Å²) in [6.07, 6.45) is 3.05. The highest BCUT2D eigenvalue weighted by molar-refractivity contribution is 5.56. The number of hydrogen-bond acceptors (Lipinski definition) is 6. The number of nitrogens with two attached hydrogens (primary N) is 1. The van der Waals surface area contributed by atoms with E-state index in [4.69, 9.17) is 5.73 Å². The second-order valence-corrected chi connectivity index (χ2v) is 4.27. The summed E-state index contributed by atoms with van der Waals surface area (Å²) in [6.45, 7) is 0. The molecule has 0 spiro atoms. The van der Waals surface area contributed by atoms with E-state index < -0.39 is 4.92 Å². The molecule has 2 aromatic heterocycles. The van der Waals surface area contributed by atoms with Gasteiger partial charge in [0.05, 0.1) is 16.8 Å². The number of nitrogen functional groups attached to an aromatic ring is 1. The van der Waals surface area contributed by atoms with E-state index >= 15 is 0 Å². The van der Waals surface area contributed by atoms with Crippen molar-refractivity contribution in [3.8, 4) is 17.2 Å². The molecular formula is C13H10N6O2. The van der Waals surface area contributed by atoms with E-state index in [1.54, 1.807) is 24.3 Å². The lowest BCUT2D eigenvalue weighted by molar-refractivity contribution is -0.384. The monoisotopic (exact) mass is 282 g/mol. The predicted octanol–water partition coefficient (Wildman–Crippen LogP) is 1.82. The van der Waals surface area contributed by atoms with Crippen molar-refractivity contribution in [1.82, 2.24) is 19.7 Å². The number of pyridine rings is 1. The minimum absolute atomic E-state index is 0.0263. The van der Waals surface area contributed by atoms with Gasteiger partial charge in [0, 0.05) is 17.7 Å². The highest BCUT2D eigenvalue weighted by Gasteiger charge is 2.09. The number of non-ortho nitro benzene ring substituents is 1. The van der Waals surface area contributed by atoms with Crippen LogP contribution in [0.1, 0.15) is 0 Å². The Kier molecular flexibility index (Phi) is 3.03. The molecule has 0 unspecified atom stereocenters. The van der Waals surface area contributed by atoms with Crippen LogP contribution in [-0.4, -0.2) is 24.7 Å². The molecule has 3 rings (SSSR count). The number of anilines is 1. The molecule has 0 aliphatic rings. The maximum atomic E-state index is 10.6. The average molecular weight is 282 g/mol. The van der Waals surface area contributed by atoms with Gasteiger partial charge in [-0.15, -0.1) is 5.10 Å². The van der Waals surface area contributed by atoms with E-state index in [1.807, 2.05) is 0 Å². The number of nitro benzene ring substituents is 1. The van der Waals surface area contributed by atoms with E-state index in [9.17, 15) is 10.1 Å². The third-order valence-corrected chi connectivity index (χ3v) is 2.83. The molecule has 3 aromatic rings. The molecule has 0 saturated carbocycles. The van der Waals surface area contributed by atoms with Crippen LogP contribution in [0.25, 0.3) is 17.2 Å². The molecule has 0 radical (unpaired) electrons. The SMILES string of the molecule is Nc1ccc(-n2cnc(-c3ccc([N+](=O)[O-])cc3)n2)nc1. The standard InChI is InChI=1S/C13H10N6O2/c14-10-3-6-12(15-7-10)18-8-16-13(17-18)9-1-4-11(5-2-9)19(20)21/h1-8H,14H2. The second kappa shape index (κ2) is 5.00. The van der Waals surface area contributed by atoms with E-state index in [0.717, 1.165) is 0 Å². The number of benzene rings is 1. The highest BCUT2D eigenvalue weighted by atomic mass is 16.6. The van der Waals surface area contributed by atoms with Crippen molar-refractivity contribution in [1.29, 1.82) is 0 Å². The lowest BCUT2D eigenvalue weighted by Gasteiger charge is -1.99. The van der Waals surface area contributed by atoms with Crippen LogP contribution in [-0.2, 0) is 0 Å². The Morgan fingerprint density at radius 2 is 1.86 bits per heavy atom. The fourth-order valence-electron chi connectivity index (χ4n) is 1.77. The molecule has 0 aliphatic heterocycles. The molecule has 0 bridgehead atoms. The molecule has 0 saturated heterocycles. The van der Waals surface area contributed by atoms with Gasteiger partial charge in [0.2, 0.25) is 0 Å². The quantitative estimate of drug-likeness (QED) is 0.579. The van der Waals surface area contributed by atoms with Gasteiger partial charge in [-0.2, -0.15) is 0 Å². The Morgan fingerprint density at radius 3 is 2.48 bits per heavy atom. The normalized spacial score (nSPS) is 10.5. The maximum absolute atomic E-state index is 10.6. The van der Waals surface area contributed by atoms with Gasteiger partial charge in [0.15, 0.2) is 11.6 Å². The van der Waals surface area contributed by atoms with Crippen molar-refractivity contribution in [2.75, 3.05) is 5.73 Å². The summed E-state index contributed by atoms with van der Waals surface area (Å²) in [4.78, 5) is 18.5. The van der Waals surface area contributed by atoms with Crippen LogP contribution in [0.3, 0.4) is 0 Å². The van der Waals surface area contributed by atoms with Gasteiger partial charge in [0.25, 0.3) is 5.69 Å². The fourth-order valence-corrected chi connectivity index (χ4v) is 1.77. The molecule has 0 aliphatic carbocycles. The topological polar surface area (TPSA) is 113 Å². The fraction of sp³-hybridized carbons (Fsp3) is 0. The predicted molar refractivity (Wildman–Crippen MR) is 75.7 cm³/mol. The third kappa shape index (κ3) is 2.54. The van der Waals surface area contributed by atoms with Crippen LogP contribution < -0.4 is 5.73 Å². The molecule has 1 aromatic carbocycles. The second-order valence-electron chi connectivity index (χ2n) is 4.27. The summed E-state index contributed by atoms with van der Waals surface area (Å²) in [5, 5.41) is 14.9. The molecular weight excluding hydrogens is 272 g/mol. The van der Waals surface area contributed by atoms with Gasteiger partial charge in [-0.25, -0.2) is 14.6 Å². The number of aromatic nitrogens is 4. The van der Waals surface area contributed by atoms with Crippen molar-refractivity contribution in [3.05, 3.63) is 59.0 Å². The molecule has 0 fully saturated rings. The van der Waals surface area contributed by atoms with Crippen LogP contribution in [0.15, 0.2) is 48.9 Å². The molecule has 21 heavy (non-hydrogen) atoms. The van der Waals surface area contributed by atoms with Gasteiger partial charge < -0.3 is 5.73 Å². The molecule has 0 amide bonds. The first-order valence-corrected chi connectivity index (χ1v) is 6.02. The summed E-state index contributed by atoms with van der Waals surface area (Å²) in [7, 11) is 0. The van der Waals surface area contributed by atoms with Crippen molar-refractivity contribution >= 4 is 11.4 Å². The zero-order valence-corrected chi connectivity index (χ0v) is 10.7. The van der Waals surface area contributed by atoms with E-state index in [2.05, 4.69) is 15.1 Å². The van der Waals surface area contributed by atoms with Crippen LogP contribution in [0, 0.1) is 10.1 Å². The minimum atomic E-state index is -0.450. The first-order valence-electron chi connectivity index (χ1n) is 6.02. The Hall–Kier alpha value is -3.29. The van der Waals surface area contributed by atoms with E-state index in [-0.39, 0.29) is 5.69 Å². The van der Waals surface area contributed by atoms with Crippen molar-refractivity contribution in [3.63, 3.8) is 0 Å². The molecule has 104 valence electrons. The van der Waals surface area contributed by atoms with Crippen LogP contribution in [0.2, 0.25) is 0 Å². The van der Waals surface area contributed by atoms with Crippen molar-refractivity contribution < 1.29 is 4.92 Å². The first kappa shape index (κ1) is 12.7. The number of rotatable bonds is 3. The summed E-state index contributed by atoms with van der Waals surface area (Å²) in [5.74, 6) is 1.05. The van der Waals surface area contributed by atoms with Crippen LogP contribution >= 0.6 is 0 Å². The summed E-state index contributed by atoms with van der Waals surface area (Å²) in [6, 6.07) is 9.48. The van der Waals surface area contributed by atoms with Gasteiger partial charge in [0.1, 0.15) is 6.33 Å². The van der Waals surface area contributed by atoms with Crippen molar-refractivity contribution in [2.24, 2.45) is 0 Å². The lowest BCUT2D eigenvalue weighted by Crippen LogP contribution is -1.98. The maximum Gasteiger partial charge on any atom is 0.269 e. The van der Waals surface area contributed by atoms with E-state index in [1.165, 1.54) is 29.3 Å². The zero-order chi connectivity index (χ0) is 14.8. The molecule has 2 N–H and O–H groups in total. The molecule has 8 nitrogen and oxygen atoms in total. The molecule has 2 heterocycles. The number of nitrogens with zero attached hydrogens (tertiary/aromatic N) is 5. The Morgan fingerprint density at radius 1 is 1.10 bits per heavy atom. The van der Waals surface area contributed by atoms with Gasteiger partial charge >= 0.3 is 0 Å². The summed E-state index contributed by atoms with van der Waals surface area (Å²) >= 11 is 0. The largest absolute Gasteiger partial charge is 0.397 e. The van der Waals surface area contributed by atoms with Gasteiger partial charge in [-0.3, -0.25) is 10.1 Å². The van der Waals surface area contributed by atoms with Crippen molar-refractivity contribution in [2.45, 2.75) is 0 Å². The zero-order valence-electron chi connectivity index (χ0n) is 10.7.